The van der Waals surface area contributed by atoms with E-state index < -0.39 is 6.10 Å². The molecule has 1 rings (SSSR count). The number of nitrogens with zero attached hydrogens (tertiary/aromatic N) is 3. The third kappa shape index (κ3) is 6.58. The number of ether oxygens (including phenoxy) is 1. The number of aliphatic hydroxyl groups excluding tert-OH is 1. The van der Waals surface area contributed by atoms with Crippen molar-refractivity contribution >= 4 is 0 Å². The zero-order valence-electron chi connectivity index (χ0n) is 9.70. The van der Waals surface area contributed by atoms with Gasteiger partial charge in [0.1, 0.15) is 0 Å². The van der Waals surface area contributed by atoms with E-state index in [2.05, 4.69) is 10.0 Å². The SMILES string of the molecule is [N-]=[N+]=NCC(O)CCCOCc1ccccc1. The van der Waals surface area contributed by atoms with Crippen LogP contribution in [0.25, 0.3) is 10.4 Å². The summed E-state index contributed by atoms with van der Waals surface area (Å²) in [5, 5.41) is 12.7. The van der Waals surface area contributed by atoms with Gasteiger partial charge in [-0.2, -0.15) is 0 Å². The second kappa shape index (κ2) is 8.58. The van der Waals surface area contributed by atoms with Gasteiger partial charge in [0.15, 0.2) is 0 Å². The molecular formula is C12H17N3O2. The van der Waals surface area contributed by atoms with Gasteiger partial charge < -0.3 is 9.84 Å². The lowest BCUT2D eigenvalue weighted by Gasteiger charge is -2.07. The number of aliphatic hydroxyl groups is 1. The van der Waals surface area contributed by atoms with Crippen LogP contribution in [0, 0.1) is 0 Å². The molecule has 1 N–H and O–H groups in total. The second-order valence-electron chi connectivity index (χ2n) is 3.75. The fraction of sp³-hybridized carbons (Fsp3) is 0.500. The van der Waals surface area contributed by atoms with Gasteiger partial charge in [-0.25, -0.2) is 0 Å². The molecule has 0 aromatic heterocycles. The van der Waals surface area contributed by atoms with E-state index in [1.54, 1.807) is 0 Å². The Morgan fingerprint density at radius 2 is 2.12 bits per heavy atom. The van der Waals surface area contributed by atoms with Crippen molar-refractivity contribution < 1.29 is 9.84 Å². The molecular weight excluding hydrogens is 218 g/mol. The Bertz CT molecular complexity index is 350. The zero-order chi connectivity index (χ0) is 12.3. The predicted octanol–water partition coefficient (Wildman–Crippen LogP) is 2.65. The molecule has 0 saturated carbocycles. The van der Waals surface area contributed by atoms with Crippen molar-refractivity contribution in [3.05, 3.63) is 46.3 Å². The second-order valence-corrected chi connectivity index (χ2v) is 3.75. The highest BCUT2D eigenvalue weighted by Crippen LogP contribution is 2.03. The third-order valence-electron chi connectivity index (χ3n) is 2.29. The van der Waals surface area contributed by atoms with Crippen molar-refractivity contribution in [2.45, 2.75) is 25.6 Å². The molecule has 0 radical (unpaired) electrons. The summed E-state index contributed by atoms with van der Waals surface area (Å²) in [5.74, 6) is 0. The standard InChI is InChI=1S/C12H17N3O2/c13-15-14-9-12(16)7-4-8-17-10-11-5-2-1-3-6-11/h1-3,5-6,12,16H,4,7-10H2. The summed E-state index contributed by atoms with van der Waals surface area (Å²) in [6, 6.07) is 9.94. The van der Waals surface area contributed by atoms with E-state index in [0.717, 1.165) is 12.0 Å². The van der Waals surface area contributed by atoms with Crippen LogP contribution in [0.1, 0.15) is 18.4 Å². The number of azide groups is 1. The van der Waals surface area contributed by atoms with Crippen LogP contribution in [0.15, 0.2) is 35.4 Å². The highest BCUT2D eigenvalue weighted by molar-refractivity contribution is 5.13. The van der Waals surface area contributed by atoms with E-state index in [4.69, 9.17) is 10.3 Å². The van der Waals surface area contributed by atoms with Crippen LogP contribution in [0.4, 0.5) is 0 Å². The minimum atomic E-state index is -0.564. The molecule has 5 nitrogen and oxygen atoms in total. The quantitative estimate of drug-likeness (QED) is 0.325. The fourth-order valence-electron chi connectivity index (χ4n) is 1.41. The molecule has 0 aliphatic carbocycles. The molecule has 0 bridgehead atoms. The number of benzene rings is 1. The van der Waals surface area contributed by atoms with Crippen LogP contribution >= 0.6 is 0 Å². The van der Waals surface area contributed by atoms with Gasteiger partial charge in [0, 0.05) is 11.5 Å². The van der Waals surface area contributed by atoms with Crippen LogP contribution in [-0.2, 0) is 11.3 Å². The van der Waals surface area contributed by atoms with Gasteiger partial charge in [0.05, 0.1) is 19.3 Å². The van der Waals surface area contributed by atoms with Crippen LogP contribution in [0.5, 0.6) is 0 Å². The van der Waals surface area contributed by atoms with Crippen molar-refractivity contribution in [1.82, 2.24) is 0 Å². The molecule has 1 aromatic carbocycles. The minimum absolute atomic E-state index is 0.134. The lowest BCUT2D eigenvalue weighted by Crippen LogP contribution is -2.11. The smallest absolute Gasteiger partial charge is 0.0716 e. The summed E-state index contributed by atoms with van der Waals surface area (Å²) in [4.78, 5) is 2.59. The third-order valence-corrected chi connectivity index (χ3v) is 2.29. The number of hydrogen-bond acceptors (Lipinski definition) is 3. The maximum absolute atomic E-state index is 9.38. The van der Waals surface area contributed by atoms with Crippen LogP contribution in [0.2, 0.25) is 0 Å². The Morgan fingerprint density at radius 3 is 2.82 bits per heavy atom. The van der Waals surface area contributed by atoms with Gasteiger partial charge in [-0.1, -0.05) is 35.4 Å². The van der Waals surface area contributed by atoms with Crippen molar-refractivity contribution in [3.8, 4) is 0 Å². The molecule has 17 heavy (non-hydrogen) atoms. The average molecular weight is 235 g/mol. The first kappa shape index (κ1) is 13.5. The molecule has 1 unspecified atom stereocenters. The molecule has 1 aromatic rings. The maximum atomic E-state index is 9.38. The maximum Gasteiger partial charge on any atom is 0.0716 e. The van der Waals surface area contributed by atoms with Crippen LogP contribution < -0.4 is 0 Å². The Hall–Kier alpha value is -1.55. The topological polar surface area (TPSA) is 78.2 Å². The Morgan fingerprint density at radius 1 is 1.35 bits per heavy atom. The molecule has 0 saturated heterocycles. The largest absolute Gasteiger partial charge is 0.393 e. The molecule has 0 amide bonds. The highest BCUT2D eigenvalue weighted by atomic mass is 16.5. The van der Waals surface area contributed by atoms with Crippen molar-refractivity contribution in [1.29, 1.82) is 0 Å². The summed E-state index contributed by atoms with van der Waals surface area (Å²) >= 11 is 0. The van der Waals surface area contributed by atoms with Gasteiger partial charge in [-0.15, -0.1) is 0 Å². The van der Waals surface area contributed by atoms with Crippen molar-refractivity contribution in [2.75, 3.05) is 13.2 Å². The van der Waals surface area contributed by atoms with Crippen molar-refractivity contribution in [2.24, 2.45) is 5.11 Å². The Labute approximate surface area is 101 Å². The van der Waals surface area contributed by atoms with Crippen LogP contribution in [0.3, 0.4) is 0 Å². The Kier molecular flexibility index (Phi) is 6.82. The summed E-state index contributed by atoms with van der Waals surface area (Å²) < 4.78 is 5.46. The van der Waals surface area contributed by atoms with E-state index in [1.165, 1.54) is 0 Å². The van der Waals surface area contributed by atoms with Gasteiger partial charge in [-0.3, -0.25) is 0 Å². The van der Waals surface area contributed by atoms with Gasteiger partial charge >= 0.3 is 0 Å². The first-order valence-electron chi connectivity index (χ1n) is 5.63. The average Bonchev–Trinajstić information content (AvgIpc) is 2.37. The van der Waals surface area contributed by atoms with E-state index >= 15 is 0 Å². The monoisotopic (exact) mass is 235 g/mol. The van der Waals surface area contributed by atoms with Gasteiger partial charge in [-0.05, 0) is 23.9 Å². The highest BCUT2D eigenvalue weighted by Gasteiger charge is 2.01. The summed E-state index contributed by atoms with van der Waals surface area (Å²) in [5.41, 5.74) is 9.21. The van der Waals surface area contributed by atoms with E-state index in [9.17, 15) is 5.11 Å². The van der Waals surface area contributed by atoms with Gasteiger partial charge in [0.25, 0.3) is 0 Å². The molecule has 92 valence electrons. The molecule has 5 heteroatoms. The predicted molar refractivity (Wildman–Crippen MR) is 65.4 cm³/mol. The lowest BCUT2D eigenvalue weighted by molar-refractivity contribution is 0.0992. The van der Waals surface area contributed by atoms with E-state index in [0.29, 0.717) is 19.6 Å². The fourth-order valence-corrected chi connectivity index (χ4v) is 1.41. The van der Waals surface area contributed by atoms with E-state index in [1.807, 2.05) is 30.3 Å². The van der Waals surface area contributed by atoms with E-state index in [-0.39, 0.29) is 6.54 Å². The van der Waals surface area contributed by atoms with Gasteiger partial charge in [0.2, 0.25) is 0 Å². The van der Waals surface area contributed by atoms with Crippen LogP contribution in [-0.4, -0.2) is 24.4 Å². The molecule has 0 aliphatic rings. The molecule has 0 fully saturated rings. The number of hydrogen-bond donors (Lipinski definition) is 1. The summed E-state index contributed by atoms with van der Waals surface area (Å²) in [6.07, 6.45) is 0.786. The Balaban J connectivity index is 2.03. The molecule has 0 aliphatic heterocycles. The first-order chi connectivity index (χ1) is 8.33. The number of rotatable bonds is 8. The van der Waals surface area contributed by atoms with Crippen molar-refractivity contribution in [3.63, 3.8) is 0 Å². The summed E-state index contributed by atoms with van der Waals surface area (Å²) in [7, 11) is 0. The molecule has 0 heterocycles. The zero-order valence-corrected chi connectivity index (χ0v) is 9.70. The normalized spacial score (nSPS) is 11.8. The molecule has 1 atom stereocenters. The molecule has 0 spiro atoms. The summed E-state index contributed by atoms with van der Waals surface area (Å²) in [6.45, 7) is 1.32. The minimum Gasteiger partial charge on any atom is -0.393 e. The lowest BCUT2D eigenvalue weighted by atomic mass is 10.2. The first-order valence-corrected chi connectivity index (χ1v) is 5.63.